The van der Waals surface area contributed by atoms with Gasteiger partial charge >= 0.3 is 0 Å². The molecule has 0 bridgehead atoms. The maximum Gasteiger partial charge on any atom is 0.232 e. The van der Waals surface area contributed by atoms with Gasteiger partial charge in [-0.1, -0.05) is 18.2 Å². The smallest absolute Gasteiger partial charge is 0.232 e. The van der Waals surface area contributed by atoms with Gasteiger partial charge in [0.05, 0.1) is 18.0 Å². The predicted octanol–water partition coefficient (Wildman–Crippen LogP) is 3.98. The molecule has 2 unspecified atom stereocenters. The van der Waals surface area contributed by atoms with Gasteiger partial charge in [0.2, 0.25) is 16.0 Å². The fourth-order valence-electron chi connectivity index (χ4n) is 4.82. The Kier molecular flexibility index (Phi) is 6.78. The van der Waals surface area contributed by atoms with Gasteiger partial charge in [-0.2, -0.15) is 4.98 Å². The fourth-order valence-corrected chi connectivity index (χ4v) is 5.34. The first-order valence-electron chi connectivity index (χ1n) is 12.4. The lowest BCUT2D eigenvalue weighted by atomic mass is 10.1. The Labute approximate surface area is 218 Å². The number of para-hydroxylation sites is 1. The van der Waals surface area contributed by atoms with E-state index in [0.717, 1.165) is 41.9 Å². The lowest BCUT2D eigenvalue weighted by Gasteiger charge is -2.33. The number of nitrogens with zero attached hydrogens (tertiary/aromatic N) is 5. The number of anilines is 4. The van der Waals surface area contributed by atoms with Gasteiger partial charge < -0.3 is 20.1 Å². The van der Waals surface area contributed by atoms with E-state index in [0.29, 0.717) is 17.7 Å². The number of fused-ring (bicyclic) bond motifs is 1. The van der Waals surface area contributed by atoms with Crippen LogP contribution in [-0.2, 0) is 10.0 Å². The summed E-state index contributed by atoms with van der Waals surface area (Å²) < 4.78 is 27.8. The van der Waals surface area contributed by atoms with E-state index in [9.17, 15) is 8.42 Å². The van der Waals surface area contributed by atoms with Crippen LogP contribution in [-0.4, -0.2) is 61.9 Å². The Hall–Kier alpha value is -3.63. The first-order valence-corrected chi connectivity index (χ1v) is 14.3. The van der Waals surface area contributed by atoms with E-state index in [-0.39, 0.29) is 6.04 Å². The summed E-state index contributed by atoms with van der Waals surface area (Å²) in [6, 6.07) is 18.2. The third kappa shape index (κ3) is 5.26. The van der Waals surface area contributed by atoms with E-state index in [1.54, 1.807) is 13.2 Å². The molecule has 37 heavy (non-hydrogen) atoms. The molecule has 2 atom stereocenters. The molecule has 0 amide bonds. The van der Waals surface area contributed by atoms with Crippen LogP contribution in [0.4, 0.5) is 23.0 Å². The summed E-state index contributed by atoms with van der Waals surface area (Å²) >= 11 is 0. The highest BCUT2D eigenvalue weighted by Gasteiger charge is 2.21. The average Bonchev–Trinajstić information content (AvgIpc) is 3.31. The second-order valence-electron chi connectivity index (χ2n) is 9.63. The summed E-state index contributed by atoms with van der Waals surface area (Å²) in [5.41, 5.74) is 4.42. The van der Waals surface area contributed by atoms with E-state index < -0.39 is 10.0 Å². The van der Waals surface area contributed by atoms with Crippen molar-refractivity contribution in [1.29, 1.82) is 0 Å². The highest BCUT2D eigenvalue weighted by Crippen LogP contribution is 2.32. The fraction of sp³-hybridized carbons (Fsp3) is 0.333. The van der Waals surface area contributed by atoms with E-state index in [1.807, 2.05) is 48.0 Å². The molecule has 0 aliphatic carbocycles. The van der Waals surface area contributed by atoms with Gasteiger partial charge in [0, 0.05) is 61.9 Å². The van der Waals surface area contributed by atoms with Gasteiger partial charge in [-0.25, -0.2) is 13.4 Å². The van der Waals surface area contributed by atoms with E-state index >= 15 is 0 Å². The predicted molar refractivity (Wildman–Crippen MR) is 150 cm³/mol. The molecule has 4 aromatic rings. The average molecular weight is 520 g/mol. The number of nitrogens with one attached hydrogen (secondary N) is 2. The van der Waals surface area contributed by atoms with Gasteiger partial charge in [-0.05, 0) is 55.8 Å². The number of rotatable bonds is 7. The van der Waals surface area contributed by atoms with Crippen molar-refractivity contribution >= 4 is 44.1 Å². The Balaban J connectivity index is 1.40. The van der Waals surface area contributed by atoms with Crippen LogP contribution < -0.4 is 19.8 Å². The van der Waals surface area contributed by atoms with Gasteiger partial charge in [-0.3, -0.25) is 4.31 Å². The zero-order valence-corrected chi connectivity index (χ0v) is 22.4. The molecule has 2 aromatic heterocycles. The Bertz CT molecular complexity index is 1500. The summed E-state index contributed by atoms with van der Waals surface area (Å²) in [7, 11) is -1.82. The lowest BCUT2D eigenvalue weighted by molar-refractivity contribution is 0.485. The molecule has 1 aliphatic heterocycles. The summed E-state index contributed by atoms with van der Waals surface area (Å²) in [6.07, 6.45) is 4.98. The van der Waals surface area contributed by atoms with Crippen LogP contribution in [0.2, 0.25) is 0 Å². The minimum Gasteiger partial charge on any atom is -0.369 e. The summed E-state index contributed by atoms with van der Waals surface area (Å²) in [5.74, 6) is 0.504. The van der Waals surface area contributed by atoms with Crippen LogP contribution in [0.1, 0.15) is 25.5 Å². The van der Waals surface area contributed by atoms with Crippen LogP contribution in [0.3, 0.4) is 0 Å². The molecule has 9 nitrogen and oxygen atoms in total. The van der Waals surface area contributed by atoms with Crippen molar-refractivity contribution in [2.24, 2.45) is 0 Å². The first kappa shape index (κ1) is 25.0. The van der Waals surface area contributed by atoms with Crippen molar-refractivity contribution in [2.75, 3.05) is 47.5 Å². The third-order valence-corrected chi connectivity index (χ3v) is 8.15. The normalized spacial score (nSPS) is 17.1. The highest BCUT2D eigenvalue weighted by molar-refractivity contribution is 7.92. The van der Waals surface area contributed by atoms with Crippen molar-refractivity contribution in [3.8, 4) is 0 Å². The van der Waals surface area contributed by atoms with E-state index in [4.69, 9.17) is 4.98 Å². The zero-order chi connectivity index (χ0) is 26.2. The number of hydrogen-bond donors (Lipinski definition) is 2. The van der Waals surface area contributed by atoms with Crippen LogP contribution in [0.15, 0.2) is 67.0 Å². The second kappa shape index (κ2) is 10.0. The number of aromatic nitrogens is 3. The van der Waals surface area contributed by atoms with Crippen molar-refractivity contribution in [3.05, 3.63) is 72.6 Å². The molecule has 2 N–H and O–H groups in total. The molecular formula is C27H33N7O2S. The largest absolute Gasteiger partial charge is 0.369 e. The van der Waals surface area contributed by atoms with Gasteiger partial charge in [0.15, 0.2) is 0 Å². The zero-order valence-electron chi connectivity index (χ0n) is 21.6. The SMILES string of the molecule is CC1CN(c2ccc(Nc3ncc4ccn(C(C)c5ccccc5N(C)S(C)(=O)=O)c4n3)cc2)CCN1. The van der Waals surface area contributed by atoms with Crippen molar-refractivity contribution in [1.82, 2.24) is 19.9 Å². The van der Waals surface area contributed by atoms with Crippen LogP contribution in [0, 0.1) is 0 Å². The Morgan fingerprint density at radius 3 is 2.62 bits per heavy atom. The number of hydrogen-bond acceptors (Lipinski definition) is 7. The maximum atomic E-state index is 12.2. The van der Waals surface area contributed by atoms with Crippen LogP contribution in [0.25, 0.3) is 11.0 Å². The van der Waals surface area contributed by atoms with Gasteiger partial charge in [0.1, 0.15) is 5.65 Å². The maximum absolute atomic E-state index is 12.2. The molecule has 194 valence electrons. The standard InChI is InChI=1S/C27H33N7O2S/c1-19-18-33(16-14-28-19)23-11-9-22(10-12-23)30-27-29-17-21-13-15-34(26(21)31-27)20(2)24-7-5-6-8-25(24)32(3)37(4,35)36/h5-13,15,17,19-20,28H,14,16,18H2,1-4H3,(H,29,30,31). The molecule has 0 radical (unpaired) electrons. The molecule has 1 fully saturated rings. The minimum absolute atomic E-state index is 0.152. The molecule has 1 aliphatic rings. The highest BCUT2D eigenvalue weighted by atomic mass is 32.2. The van der Waals surface area contributed by atoms with Crippen molar-refractivity contribution in [2.45, 2.75) is 25.9 Å². The monoisotopic (exact) mass is 519 g/mol. The van der Waals surface area contributed by atoms with Crippen molar-refractivity contribution < 1.29 is 8.42 Å². The molecular weight excluding hydrogens is 486 g/mol. The van der Waals surface area contributed by atoms with E-state index in [2.05, 4.69) is 51.7 Å². The Morgan fingerprint density at radius 2 is 1.89 bits per heavy atom. The molecule has 5 rings (SSSR count). The van der Waals surface area contributed by atoms with Gasteiger partial charge in [0.25, 0.3) is 0 Å². The number of sulfonamides is 1. The number of benzene rings is 2. The van der Waals surface area contributed by atoms with Gasteiger partial charge in [-0.15, -0.1) is 0 Å². The third-order valence-electron chi connectivity index (χ3n) is 6.95. The molecule has 0 saturated carbocycles. The summed E-state index contributed by atoms with van der Waals surface area (Å²) in [4.78, 5) is 11.7. The van der Waals surface area contributed by atoms with Crippen LogP contribution >= 0.6 is 0 Å². The summed E-state index contributed by atoms with van der Waals surface area (Å²) in [6.45, 7) is 7.22. The molecule has 1 saturated heterocycles. The summed E-state index contributed by atoms with van der Waals surface area (Å²) in [5, 5.41) is 7.71. The van der Waals surface area contributed by atoms with Crippen LogP contribution in [0.5, 0.6) is 0 Å². The van der Waals surface area contributed by atoms with Crippen molar-refractivity contribution in [3.63, 3.8) is 0 Å². The Morgan fingerprint density at radius 1 is 1.14 bits per heavy atom. The second-order valence-corrected chi connectivity index (χ2v) is 11.6. The number of piperazine rings is 1. The molecule has 0 spiro atoms. The lowest BCUT2D eigenvalue weighted by Crippen LogP contribution is -2.49. The molecule has 3 heterocycles. The minimum atomic E-state index is -3.40. The molecule has 2 aromatic carbocycles. The van der Waals surface area contributed by atoms with E-state index in [1.165, 1.54) is 16.2 Å². The topological polar surface area (TPSA) is 95.4 Å². The first-order chi connectivity index (χ1) is 17.7. The quantitative estimate of drug-likeness (QED) is 0.381. The molecule has 10 heteroatoms.